The number of hydrogen-bond donors (Lipinski definition) is 2. The van der Waals surface area contributed by atoms with E-state index < -0.39 is 0 Å². The molecule has 0 bridgehead atoms. The number of fused-ring (bicyclic) bond motifs is 1. The number of hydrogen-bond acceptors (Lipinski definition) is 4. The maximum Gasteiger partial charge on any atom is 0.165 e. The van der Waals surface area contributed by atoms with E-state index in [1.807, 2.05) is 37.3 Å². The fourth-order valence-corrected chi connectivity index (χ4v) is 2.24. The van der Waals surface area contributed by atoms with E-state index in [1.54, 1.807) is 0 Å². The van der Waals surface area contributed by atoms with Gasteiger partial charge in [0.25, 0.3) is 0 Å². The molecule has 3 rings (SSSR count). The van der Waals surface area contributed by atoms with Crippen molar-refractivity contribution in [2.24, 2.45) is 0 Å². The highest BCUT2D eigenvalue weighted by Gasteiger charge is 2.14. The average molecular weight is 253 g/mol. The van der Waals surface area contributed by atoms with Gasteiger partial charge in [0.05, 0.1) is 11.1 Å². The second-order valence-electron chi connectivity index (χ2n) is 4.75. The standard InChI is InChI=1S/C15H15N3O/c1-9-6-7-10-12(8-9)17-15(18-14(10)16)11-4-2-3-5-13(11)19/h2,4,6-8,19H,3,5H2,1H3,(H2,16,17,18). The zero-order valence-corrected chi connectivity index (χ0v) is 10.7. The van der Waals surface area contributed by atoms with E-state index in [0.29, 0.717) is 29.4 Å². The normalized spacial score (nSPS) is 15.2. The van der Waals surface area contributed by atoms with Gasteiger partial charge in [0.1, 0.15) is 11.6 Å². The summed E-state index contributed by atoms with van der Waals surface area (Å²) in [4.78, 5) is 8.81. The molecule has 1 heterocycles. The first-order valence-electron chi connectivity index (χ1n) is 6.28. The number of allylic oxidation sites excluding steroid dienone is 4. The molecule has 0 fully saturated rings. The lowest BCUT2D eigenvalue weighted by Gasteiger charge is -2.11. The molecule has 96 valence electrons. The minimum Gasteiger partial charge on any atom is -0.512 e. The largest absolute Gasteiger partial charge is 0.512 e. The highest BCUT2D eigenvalue weighted by molar-refractivity contribution is 5.90. The Morgan fingerprint density at radius 1 is 1.26 bits per heavy atom. The first-order valence-corrected chi connectivity index (χ1v) is 6.28. The molecule has 1 aromatic carbocycles. The molecule has 2 aromatic rings. The minimum atomic E-state index is 0.328. The summed E-state index contributed by atoms with van der Waals surface area (Å²) < 4.78 is 0. The fraction of sp³-hybridized carbons (Fsp3) is 0.200. The first-order chi connectivity index (χ1) is 9.15. The summed E-state index contributed by atoms with van der Waals surface area (Å²) in [5.41, 5.74) is 8.57. The summed E-state index contributed by atoms with van der Waals surface area (Å²) in [6.07, 6.45) is 5.34. The zero-order chi connectivity index (χ0) is 13.4. The van der Waals surface area contributed by atoms with E-state index in [9.17, 15) is 5.11 Å². The van der Waals surface area contributed by atoms with Crippen molar-refractivity contribution in [3.05, 3.63) is 47.5 Å². The molecule has 4 nitrogen and oxygen atoms in total. The van der Waals surface area contributed by atoms with Crippen LogP contribution in [0.1, 0.15) is 24.2 Å². The summed E-state index contributed by atoms with van der Waals surface area (Å²) in [6.45, 7) is 2.01. The van der Waals surface area contributed by atoms with Crippen molar-refractivity contribution < 1.29 is 5.11 Å². The highest BCUT2D eigenvalue weighted by Crippen LogP contribution is 2.27. The number of rotatable bonds is 1. The Bertz CT molecular complexity index is 717. The minimum absolute atomic E-state index is 0.328. The predicted octanol–water partition coefficient (Wildman–Crippen LogP) is 3.14. The van der Waals surface area contributed by atoms with Crippen LogP contribution in [0.2, 0.25) is 0 Å². The number of nitrogens with two attached hydrogens (primary N) is 1. The van der Waals surface area contributed by atoms with Crippen LogP contribution in [-0.2, 0) is 0 Å². The van der Waals surface area contributed by atoms with Crippen molar-refractivity contribution in [1.82, 2.24) is 9.97 Å². The number of aryl methyl sites for hydroxylation is 1. The van der Waals surface area contributed by atoms with Gasteiger partial charge in [-0.25, -0.2) is 9.97 Å². The average Bonchev–Trinajstić information content (AvgIpc) is 2.38. The topological polar surface area (TPSA) is 72.0 Å². The molecule has 1 aromatic heterocycles. The van der Waals surface area contributed by atoms with Crippen LogP contribution in [0.3, 0.4) is 0 Å². The SMILES string of the molecule is Cc1ccc2c(N)nc(C3=C(O)CCC=C3)nc2c1. The molecule has 1 aliphatic rings. The van der Waals surface area contributed by atoms with Crippen molar-refractivity contribution >= 4 is 22.3 Å². The number of anilines is 1. The Morgan fingerprint density at radius 2 is 2.11 bits per heavy atom. The maximum absolute atomic E-state index is 9.95. The van der Waals surface area contributed by atoms with E-state index >= 15 is 0 Å². The Morgan fingerprint density at radius 3 is 2.89 bits per heavy atom. The molecule has 0 saturated carbocycles. The summed E-state index contributed by atoms with van der Waals surface area (Å²) in [5, 5.41) is 10.8. The second-order valence-corrected chi connectivity index (χ2v) is 4.75. The van der Waals surface area contributed by atoms with Crippen molar-refractivity contribution in [3.63, 3.8) is 0 Å². The van der Waals surface area contributed by atoms with Crippen LogP contribution in [0, 0.1) is 6.92 Å². The van der Waals surface area contributed by atoms with Gasteiger partial charge >= 0.3 is 0 Å². The third-order valence-corrected chi connectivity index (χ3v) is 3.27. The third-order valence-electron chi connectivity index (χ3n) is 3.27. The molecule has 0 spiro atoms. The van der Waals surface area contributed by atoms with Gasteiger partial charge in [-0.1, -0.05) is 18.2 Å². The lowest BCUT2D eigenvalue weighted by atomic mass is 10.0. The van der Waals surface area contributed by atoms with Crippen LogP contribution >= 0.6 is 0 Å². The van der Waals surface area contributed by atoms with Crippen LogP contribution in [0.15, 0.2) is 36.1 Å². The molecule has 3 N–H and O–H groups in total. The van der Waals surface area contributed by atoms with E-state index in [-0.39, 0.29) is 0 Å². The Balaban J connectivity index is 2.23. The van der Waals surface area contributed by atoms with Crippen LogP contribution < -0.4 is 5.73 Å². The Hall–Kier alpha value is -2.36. The van der Waals surface area contributed by atoms with Crippen LogP contribution in [0.25, 0.3) is 16.5 Å². The lowest BCUT2D eigenvalue weighted by Crippen LogP contribution is -2.03. The highest BCUT2D eigenvalue weighted by atomic mass is 16.3. The van der Waals surface area contributed by atoms with Gasteiger partial charge in [-0.3, -0.25) is 0 Å². The molecular formula is C15H15N3O. The summed E-state index contributed by atoms with van der Waals surface area (Å²) in [7, 11) is 0. The molecule has 0 radical (unpaired) electrons. The fourth-order valence-electron chi connectivity index (χ4n) is 2.24. The molecule has 0 saturated heterocycles. The summed E-state index contributed by atoms with van der Waals surface area (Å²) >= 11 is 0. The number of nitrogen functional groups attached to an aromatic ring is 1. The summed E-state index contributed by atoms with van der Waals surface area (Å²) in [5.74, 6) is 1.26. The summed E-state index contributed by atoms with van der Waals surface area (Å²) in [6, 6.07) is 5.88. The quantitative estimate of drug-likeness (QED) is 0.819. The van der Waals surface area contributed by atoms with Crippen molar-refractivity contribution in [3.8, 4) is 0 Å². The predicted molar refractivity (Wildman–Crippen MR) is 76.6 cm³/mol. The molecule has 0 amide bonds. The van der Waals surface area contributed by atoms with Crippen molar-refractivity contribution in [1.29, 1.82) is 0 Å². The molecule has 19 heavy (non-hydrogen) atoms. The van der Waals surface area contributed by atoms with Gasteiger partial charge in [0.15, 0.2) is 5.82 Å². The number of aliphatic hydroxyl groups excluding tert-OH is 1. The second kappa shape index (κ2) is 4.39. The number of aromatic nitrogens is 2. The van der Waals surface area contributed by atoms with Crippen LogP contribution in [0.5, 0.6) is 0 Å². The smallest absolute Gasteiger partial charge is 0.165 e. The van der Waals surface area contributed by atoms with Crippen LogP contribution in [-0.4, -0.2) is 15.1 Å². The Kier molecular flexibility index (Phi) is 2.71. The molecule has 1 aliphatic carbocycles. The number of aliphatic hydroxyl groups is 1. The molecule has 0 unspecified atom stereocenters. The first kappa shape index (κ1) is 11.7. The van der Waals surface area contributed by atoms with Gasteiger partial charge < -0.3 is 10.8 Å². The van der Waals surface area contributed by atoms with Gasteiger partial charge in [0.2, 0.25) is 0 Å². The maximum atomic E-state index is 9.95. The molecule has 0 aliphatic heterocycles. The number of nitrogens with zero attached hydrogens (tertiary/aromatic N) is 2. The van der Waals surface area contributed by atoms with Gasteiger partial charge in [-0.15, -0.1) is 0 Å². The molecule has 4 heteroatoms. The van der Waals surface area contributed by atoms with Crippen molar-refractivity contribution in [2.75, 3.05) is 5.73 Å². The van der Waals surface area contributed by atoms with Crippen molar-refractivity contribution in [2.45, 2.75) is 19.8 Å². The van der Waals surface area contributed by atoms with E-state index in [1.165, 1.54) is 0 Å². The Labute approximate surface area is 111 Å². The van der Waals surface area contributed by atoms with E-state index in [4.69, 9.17) is 5.73 Å². The molecule has 0 atom stereocenters. The van der Waals surface area contributed by atoms with E-state index in [2.05, 4.69) is 9.97 Å². The zero-order valence-electron chi connectivity index (χ0n) is 10.7. The molecular weight excluding hydrogens is 238 g/mol. The third kappa shape index (κ3) is 2.05. The van der Waals surface area contributed by atoms with Gasteiger partial charge in [-0.05, 0) is 31.0 Å². The van der Waals surface area contributed by atoms with Gasteiger partial charge in [-0.2, -0.15) is 0 Å². The van der Waals surface area contributed by atoms with E-state index in [0.717, 1.165) is 22.9 Å². The van der Waals surface area contributed by atoms with Gasteiger partial charge in [0, 0.05) is 11.8 Å². The van der Waals surface area contributed by atoms with Crippen LogP contribution in [0.4, 0.5) is 5.82 Å². The number of benzene rings is 1. The monoisotopic (exact) mass is 253 g/mol. The lowest BCUT2D eigenvalue weighted by molar-refractivity contribution is 0.391.